The van der Waals surface area contributed by atoms with Gasteiger partial charge in [-0.2, -0.15) is 5.01 Å². The Morgan fingerprint density at radius 2 is 1.86 bits per heavy atom. The summed E-state index contributed by atoms with van der Waals surface area (Å²) in [4.78, 5) is 27.1. The van der Waals surface area contributed by atoms with Crippen LogP contribution in [0.4, 0.5) is 15.3 Å². The highest BCUT2D eigenvalue weighted by Gasteiger charge is 2.25. The molecule has 2 rings (SSSR count). The third kappa shape index (κ3) is 3.13. The highest BCUT2D eigenvalue weighted by molar-refractivity contribution is 6.03. The molecule has 1 aromatic carbocycles. The van der Waals surface area contributed by atoms with E-state index in [9.17, 15) is 9.59 Å². The van der Waals surface area contributed by atoms with E-state index in [0.29, 0.717) is 5.69 Å². The Bertz CT molecular complexity index is 680. The molecule has 0 unspecified atom stereocenters. The van der Waals surface area contributed by atoms with Crippen LogP contribution in [0.25, 0.3) is 10.9 Å². The quantitative estimate of drug-likeness (QED) is 0.853. The zero-order chi connectivity index (χ0) is 16.1. The average Bonchev–Trinajstić information content (AvgIpc) is 2.81. The molecule has 2 amide bonds. The number of nitrogens with zero attached hydrogens (tertiary/aromatic N) is 1. The predicted molar refractivity (Wildman–Crippen MR) is 82.7 cm³/mol. The summed E-state index contributed by atoms with van der Waals surface area (Å²) < 4.78 is 9.85. The van der Waals surface area contributed by atoms with E-state index in [4.69, 9.17) is 9.47 Å². The molecule has 7 heteroatoms. The molecule has 118 valence electrons. The monoisotopic (exact) mass is 305 g/mol. The number of para-hydroxylation sites is 1. The van der Waals surface area contributed by atoms with E-state index in [-0.39, 0.29) is 13.2 Å². The Balaban J connectivity index is 2.44. The molecule has 0 bridgehead atoms. The highest BCUT2D eigenvalue weighted by Crippen LogP contribution is 2.30. The van der Waals surface area contributed by atoms with Crippen molar-refractivity contribution in [3.05, 3.63) is 30.0 Å². The Morgan fingerprint density at radius 1 is 1.18 bits per heavy atom. The van der Waals surface area contributed by atoms with Gasteiger partial charge in [0.15, 0.2) is 0 Å². The lowest BCUT2D eigenvalue weighted by Crippen LogP contribution is -2.47. The van der Waals surface area contributed by atoms with Gasteiger partial charge < -0.3 is 14.5 Å². The first-order valence-corrected chi connectivity index (χ1v) is 7.06. The maximum absolute atomic E-state index is 12.2. The summed E-state index contributed by atoms with van der Waals surface area (Å²) in [5.74, 6) is 0. The number of anilines is 1. The Morgan fingerprint density at radius 3 is 2.55 bits per heavy atom. The number of H-pyrrole nitrogens is 1. The van der Waals surface area contributed by atoms with Gasteiger partial charge in [0.25, 0.3) is 0 Å². The third-order valence-corrected chi connectivity index (χ3v) is 3.01. The normalized spacial score (nSPS) is 10.3. The first-order valence-electron chi connectivity index (χ1n) is 7.06. The van der Waals surface area contributed by atoms with E-state index in [1.807, 2.05) is 31.2 Å². The molecule has 7 nitrogen and oxygen atoms in total. The van der Waals surface area contributed by atoms with E-state index in [2.05, 4.69) is 10.4 Å². The van der Waals surface area contributed by atoms with Gasteiger partial charge in [0.05, 0.1) is 18.9 Å². The first-order chi connectivity index (χ1) is 10.6. The zero-order valence-electron chi connectivity index (χ0n) is 12.8. The van der Waals surface area contributed by atoms with Crippen molar-refractivity contribution in [2.24, 2.45) is 0 Å². The molecule has 0 spiro atoms. The number of carbonyl (C=O) groups is 2. The van der Waals surface area contributed by atoms with E-state index in [1.54, 1.807) is 13.8 Å². The van der Waals surface area contributed by atoms with Gasteiger partial charge in [0, 0.05) is 16.6 Å². The number of fused-ring (bicyclic) bond motifs is 1. The van der Waals surface area contributed by atoms with Crippen molar-refractivity contribution in [1.82, 2.24) is 10.4 Å². The predicted octanol–water partition coefficient (Wildman–Crippen LogP) is 3.10. The van der Waals surface area contributed by atoms with Crippen molar-refractivity contribution in [2.75, 3.05) is 18.2 Å². The van der Waals surface area contributed by atoms with E-state index < -0.39 is 12.2 Å². The molecule has 0 saturated carbocycles. The number of aromatic nitrogens is 1. The molecule has 0 aliphatic heterocycles. The van der Waals surface area contributed by atoms with Gasteiger partial charge in [-0.1, -0.05) is 18.2 Å². The number of ether oxygens (including phenoxy) is 2. The molecule has 0 atom stereocenters. The first kappa shape index (κ1) is 15.7. The minimum absolute atomic E-state index is 0.196. The second kappa shape index (κ2) is 6.84. The molecule has 1 aromatic heterocycles. The molecule has 1 heterocycles. The van der Waals surface area contributed by atoms with Crippen LogP contribution in [0.15, 0.2) is 24.3 Å². The van der Waals surface area contributed by atoms with Gasteiger partial charge in [-0.3, -0.25) is 0 Å². The van der Waals surface area contributed by atoms with Crippen LogP contribution in [0.3, 0.4) is 0 Å². The van der Waals surface area contributed by atoms with Gasteiger partial charge >= 0.3 is 12.2 Å². The molecule has 0 fully saturated rings. The number of aryl methyl sites for hydroxylation is 1. The SMILES string of the molecule is CCOC(=O)NN(C(=O)OCC)c1c(C)[nH]c2ccccc12. The fraction of sp³-hybridized carbons (Fsp3) is 0.333. The standard InChI is InChI=1S/C15H19N3O4/c1-4-21-14(19)17-18(15(20)22-5-2)13-10(3)16-12-9-7-6-8-11(12)13/h6-9,16H,4-5H2,1-3H3,(H,17,19). The molecule has 2 N–H and O–H groups in total. The lowest BCUT2D eigenvalue weighted by Gasteiger charge is -2.22. The topological polar surface area (TPSA) is 83.7 Å². The number of benzene rings is 1. The molecule has 2 aromatic rings. The van der Waals surface area contributed by atoms with Crippen molar-refractivity contribution >= 4 is 28.8 Å². The van der Waals surface area contributed by atoms with E-state index >= 15 is 0 Å². The zero-order valence-corrected chi connectivity index (χ0v) is 12.8. The highest BCUT2D eigenvalue weighted by atomic mass is 16.6. The van der Waals surface area contributed by atoms with E-state index in [0.717, 1.165) is 21.6 Å². The summed E-state index contributed by atoms with van der Waals surface area (Å²) in [5, 5.41) is 1.86. The summed E-state index contributed by atoms with van der Waals surface area (Å²) in [6, 6.07) is 7.48. The van der Waals surface area contributed by atoms with Crippen LogP contribution in [0.2, 0.25) is 0 Å². The average molecular weight is 305 g/mol. The lowest BCUT2D eigenvalue weighted by atomic mass is 10.2. The summed E-state index contributed by atoms with van der Waals surface area (Å²) >= 11 is 0. The number of hydrogen-bond donors (Lipinski definition) is 2. The fourth-order valence-corrected chi connectivity index (χ4v) is 2.19. The number of rotatable bonds is 3. The van der Waals surface area contributed by atoms with Crippen molar-refractivity contribution in [2.45, 2.75) is 20.8 Å². The van der Waals surface area contributed by atoms with Gasteiger partial charge in [-0.05, 0) is 26.8 Å². The number of aromatic amines is 1. The second-order valence-electron chi connectivity index (χ2n) is 4.51. The van der Waals surface area contributed by atoms with Gasteiger partial charge in [0.2, 0.25) is 0 Å². The number of amides is 2. The van der Waals surface area contributed by atoms with Crippen LogP contribution in [0, 0.1) is 6.92 Å². The van der Waals surface area contributed by atoms with Crippen LogP contribution in [0.5, 0.6) is 0 Å². The summed E-state index contributed by atoms with van der Waals surface area (Å²) in [5.41, 5.74) is 4.53. The minimum atomic E-state index is -0.722. The van der Waals surface area contributed by atoms with Crippen molar-refractivity contribution in [3.63, 3.8) is 0 Å². The molecule has 0 saturated heterocycles. The van der Waals surface area contributed by atoms with Crippen LogP contribution in [-0.2, 0) is 9.47 Å². The second-order valence-corrected chi connectivity index (χ2v) is 4.51. The Hall–Kier alpha value is -2.70. The number of hydrazine groups is 1. The van der Waals surface area contributed by atoms with Crippen molar-refractivity contribution in [1.29, 1.82) is 0 Å². The molecule has 0 aliphatic carbocycles. The maximum Gasteiger partial charge on any atom is 0.433 e. The molecular weight excluding hydrogens is 286 g/mol. The van der Waals surface area contributed by atoms with E-state index in [1.165, 1.54) is 0 Å². The number of hydrogen-bond acceptors (Lipinski definition) is 4. The van der Waals surface area contributed by atoms with Crippen LogP contribution in [0.1, 0.15) is 19.5 Å². The lowest BCUT2D eigenvalue weighted by molar-refractivity contribution is 0.139. The third-order valence-electron chi connectivity index (χ3n) is 3.01. The smallest absolute Gasteiger partial charge is 0.433 e. The van der Waals surface area contributed by atoms with Gasteiger partial charge in [-0.25, -0.2) is 15.0 Å². The summed E-state index contributed by atoms with van der Waals surface area (Å²) in [6.45, 7) is 5.60. The number of carbonyl (C=O) groups excluding carboxylic acids is 2. The van der Waals surface area contributed by atoms with Crippen molar-refractivity contribution < 1.29 is 19.1 Å². The molecular formula is C15H19N3O4. The Kier molecular flexibility index (Phi) is 4.88. The van der Waals surface area contributed by atoms with Crippen LogP contribution < -0.4 is 10.4 Å². The minimum Gasteiger partial charge on any atom is -0.449 e. The van der Waals surface area contributed by atoms with Crippen LogP contribution in [-0.4, -0.2) is 30.4 Å². The van der Waals surface area contributed by atoms with Gasteiger partial charge in [0.1, 0.15) is 0 Å². The Labute approximate surface area is 128 Å². The summed E-state index contributed by atoms with van der Waals surface area (Å²) in [6.07, 6.45) is -1.40. The fourth-order valence-electron chi connectivity index (χ4n) is 2.19. The van der Waals surface area contributed by atoms with Gasteiger partial charge in [-0.15, -0.1) is 0 Å². The largest absolute Gasteiger partial charge is 0.449 e. The summed E-state index contributed by atoms with van der Waals surface area (Å²) in [7, 11) is 0. The maximum atomic E-state index is 12.2. The number of nitrogens with one attached hydrogen (secondary N) is 2. The molecule has 0 aliphatic rings. The molecule has 22 heavy (non-hydrogen) atoms. The van der Waals surface area contributed by atoms with Crippen LogP contribution >= 0.6 is 0 Å². The molecule has 0 radical (unpaired) electrons. The van der Waals surface area contributed by atoms with Crippen molar-refractivity contribution in [3.8, 4) is 0 Å².